The van der Waals surface area contributed by atoms with Gasteiger partial charge in [-0.1, -0.05) is 24.8 Å². The van der Waals surface area contributed by atoms with Crippen LogP contribution in [-0.2, 0) is 4.74 Å². The van der Waals surface area contributed by atoms with Crippen LogP contribution < -0.4 is 4.90 Å². The zero-order valence-corrected chi connectivity index (χ0v) is 14.5. The number of ether oxygens (including phenoxy) is 1. The molecule has 1 saturated heterocycles. The molecule has 2 N–H and O–H groups in total. The number of benzene rings is 2. The van der Waals surface area contributed by atoms with Crippen molar-refractivity contribution in [3.8, 4) is 5.88 Å². The molecule has 0 aliphatic carbocycles. The Kier molecular flexibility index (Phi) is 4.46. The summed E-state index contributed by atoms with van der Waals surface area (Å²) in [6, 6.07) is 14.0. The van der Waals surface area contributed by atoms with Gasteiger partial charge in [0.25, 0.3) is 0 Å². The second kappa shape index (κ2) is 7.06. The van der Waals surface area contributed by atoms with Gasteiger partial charge in [0.15, 0.2) is 5.88 Å². The highest BCUT2D eigenvalue weighted by Crippen LogP contribution is 2.28. The van der Waals surface area contributed by atoms with Gasteiger partial charge in [0.05, 0.1) is 24.5 Å². The molecule has 0 unspecified atom stereocenters. The van der Waals surface area contributed by atoms with Crippen molar-refractivity contribution in [3.05, 3.63) is 60.2 Å². The van der Waals surface area contributed by atoms with Gasteiger partial charge in [0.2, 0.25) is 0 Å². The minimum atomic E-state index is 0.120. The topological polar surface area (TPSA) is 60.9 Å². The molecule has 0 spiro atoms. The van der Waals surface area contributed by atoms with Crippen molar-refractivity contribution >= 4 is 34.6 Å². The lowest BCUT2D eigenvalue weighted by Crippen LogP contribution is -2.36. The van der Waals surface area contributed by atoms with Crippen molar-refractivity contribution in [1.82, 2.24) is 4.98 Å². The van der Waals surface area contributed by atoms with Crippen LogP contribution in [0.5, 0.6) is 5.88 Å². The van der Waals surface area contributed by atoms with E-state index in [1.165, 1.54) is 5.69 Å². The Hall–Kier alpha value is -3.05. The maximum Gasteiger partial charge on any atom is 0.198 e. The van der Waals surface area contributed by atoms with E-state index >= 15 is 0 Å². The number of nitrogens with zero attached hydrogens (tertiary/aromatic N) is 2. The minimum absolute atomic E-state index is 0.120. The van der Waals surface area contributed by atoms with Crippen LogP contribution in [0.15, 0.2) is 54.0 Å². The standard InChI is InChI=1S/C21H21N3O2/c1-2-15-3-8-18-19(21(25)23-20(18)13-15)14-22-16-4-6-17(7-5-16)24-9-11-26-12-10-24/h2-8,13-14,23,25H,1,9-12H2. The molecule has 1 aromatic heterocycles. The average Bonchev–Trinajstić information content (AvgIpc) is 3.01. The lowest BCUT2D eigenvalue weighted by atomic mass is 10.1. The normalized spacial score (nSPS) is 15.0. The number of hydrogen-bond donors (Lipinski definition) is 2. The fourth-order valence-electron chi connectivity index (χ4n) is 3.19. The molecule has 132 valence electrons. The van der Waals surface area contributed by atoms with Crippen LogP contribution in [0.4, 0.5) is 11.4 Å². The molecular weight excluding hydrogens is 326 g/mol. The van der Waals surface area contributed by atoms with Crippen LogP contribution in [-0.4, -0.2) is 42.6 Å². The fourth-order valence-corrected chi connectivity index (χ4v) is 3.19. The number of fused-ring (bicyclic) bond motifs is 1. The lowest BCUT2D eigenvalue weighted by molar-refractivity contribution is 0.122. The fraction of sp³-hybridized carbons (Fsp3) is 0.190. The van der Waals surface area contributed by atoms with Crippen molar-refractivity contribution in [3.63, 3.8) is 0 Å². The highest BCUT2D eigenvalue weighted by Gasteiger charge is 2.11. The average molecular weight is 347 g/mol. The third-order valence-electron chi connectivity index (χ3n) is 4.65. The third-order valence-corrected chi connectivity index (χ3v) is 4.65. The van der Waals surface area contributed by atoms with Gasteiger partial charge in [0.1, 0.15) is 0 Å². The van der Waals surface area contributed by atoms with Crippen molar-refractivity contribution < 1.29 is 9.84 Å². The van der Waals surface area contributed by atoms with Crippen molar-refractivity contribution in [2.24, 2.45) is 4.99 Å². The van der Waals surface area contributed by atoms with Crippen LogP contribution in [0.3, 0.4) is 0 Å². The number of aliphatic imine (C=N–C) groups is 1. The van der Waals surface area contributed by atoms with Crippen LogP contribution in [0, 0.1) is 0 Å². The Morgan fingerprint density at radius 3 is 2.62 bits per heavy atom. The first-order valence-electron chi connectivity index (χ1n) is 8.68. The van der Waals surface area contributed by atoms with E-state index < -0.39 is 0 Å². The summed E-state index contributed by atoms with van der Waals surface area (Å²) in [5.41, 5.74) is 4.58. The predicted octanol–water partition coefficient (Wildman–Crippen LogP) is 4.10. The number of hydrogen-bond acceptors (Lipinski definition) is 4. The number of aromatic amines is 1. The zero-order valence-electron chi connectivity index (χ0n) is 14.5. The van der Waals surface area contributed by atoms with Gasteiger partial charge in [-0.05, 0) is 35.9 Å². The van der Waals surface area contributed by atoms with Crippen molar-refractivity contribution in [2.75, 3.05) is 31.2 Å². The zero-order chi connectivity index (χ0) is 17.9. The second-order valence-corrected chi connectivity index (χ2v) is 6.27. The second-order valence-electron chi connectivity index (χ2n) is 6.27. The molecule has 0 atom stereocenters. The molecule has 0 bridgehead atoms. The molecule has 1 aliphatic heterocycles. The van der Waals surface area contributed by atoms with E-state index in [2.05, 4.69) is 33.6 Å². The first-order chi connectivity index (χ1) is 12.7. The molecule has 1 fully saturated rings. The van der Waals surface area contributed by atoms with E-state index in [0.717, 1.165) is 48.5 Å². The summed E-state index contributed by atoms with van der Waals surface area (Å²) in [6.45, 7) is 7.14. The molecule has 2 heterocycles. The van der Waals surface area contributed by atoms with Gasteiger partial charge >= 0.3 is 0 Å². The van der Waals surface area contributed by atoms with Gasteiger partial charge in [-0.15, -0.1) is 0 Å². The number of aromatic nitrogens is 1. The van der Waals surface area contributed by atoms with E-state index in [0.29, 0.717) is 5.56 Å². The molecule has 26 heavy (non-hydrogen) atoms. The molecule has 1 aliphatic rings. The minimum Gasteiger partial charge on any atom is -0.494 e. The summed E-state index contributed by atoms with van der Waals surface area (Å²) in [6.07, 6.45) is 3.48. The number of H-pyrrole nitrogens is 1. The van der Waals surface area contributed by atoms with Crippen LogP contribution in [0.25, 0.3) is 17.0 Å². The summed E-state index contributed by atoms with van der Waals surface area (Å²) in [5.74, 6) is 0.120. The molecule has 0 amide bonds. The van der Waals surface area contributed by atoms with E-state index in [4.69, 9.17) is 4.74 Å². The van der Waals surface area contributed by atoms with Gasteiger partial charge in [0, 0.05) is 35.9 Å². The van der Waals surface area contributed by atoms with E-state index in [1.54, 1.807) is 12.3 Å². The Balaban J connectivity index is 1.57. The van der Waals surface area contributed by atoms with Crippen LogP contribution >= 0.6 is 0 Å². The van der Waals surface area contributed by atoms with Crippen molar-refractivity contribution in [1.29, 1.82) is 0 Å². The Morgan fingerprint density at radius 1 is 1.12 bits per heavy atom. The maximum absolute atomic E-state index is 10.2. The summed E-state index contributed by atoms with van der Waals surface area (Å²) < 4.78 is 5.39. The van der Waals surface area contributed by atoms with Crippen molar-refractivity contribution in [2.45, 2.75) is 0 Å². The SMILES string of the molecule is C=Cc1ccc2c(C=Nc3ccc(N4CCOCC4)cc3)c(O)[nH]c2c1. The molecule has 4 rings (SSSR count). The van der Waals surface area contributed by atoms with Gasteiger partial charge in [-0.3, -0.25) is 4.99 Å². The van der Waals surface area contributed by atoms with E-state index in [9.17, 15) is 5.11 Å². The summed E-state index contributed by atoms with van der Waals surface area (Å²) in [5, 5.41) is 11.1. The number of rotatable bonds is 4. The highest BCUT2D eigenvalue weighted by molar-refractivity contribution is 6.03. The predicted molar refractivity (Wildman–Crippen MR) is 107 cm³/mol. The van der Waals surface area contributed by atoms with Gasteiger partial charge in [-0.2, -0.15) is 0 Å². The number of nitrogens with one attached hydrogen (secondary N) is 1. The quantitative estimate of drug-likeness (QED) is 0.699. The molecule has 5 heteroatoms. The first-order valence-corrected chi connectivity index (χ1v) is 8.68. The summed E-state index contributed by atoms with van der Waals surface area (Å²) >= 11 is 0. The molecule has 5 nitrogen and oxygen atoms in total. The molecular formula is C21H21N3O2. The molecule has 0 radical (unpaired) electrons. The van der Waals surface area contributed by atoms with E-state index in [-0.39, 0.29) is 5.88 Å². The first kappa shape index (κ1) is 16.4. The Bertz CT molecular complexity index is 951. The van der Waals surface area contributed by atoms with E-state index in [1.807, 2.05) is 30.3 Å². The summed E-state index contributed by atoms with van der Waals surface area (Å²) in [4.78, 5) is 9.81. The smallest absolute Gasteiger partial charge is 0.198 e. The Morgan fingerprint density at radius 2 is 1.88 bits per heavy atom. The molecule has 0 saturated carbocycles. The number of aromatic hydroxyl groups is 1. The highest BCUT2D eigenvalue weighted by atomic mass is 16.5. The number of morpholine rings is 1. The van der Waals surface area contributed by atoms with Gasteiger partial charge < -0.3 is 19.7 Å². The Labute approximate surface area is 152 Å². The maximum atomic E-state index is 10.2. The van der Waals surface area contributed by atoms with Crippen LogP contribution in [0.2, 0.25) is 0 Å². The third kappa shape index (κ3) is 3.21. The summed E-state index contributed by atoms with van der Waals surface area (Å²) in [7, 11) is 0. The van der Waals surface area contributed by atoms with Crippen LogP contribution in [0.1, 0.15) is 11.1 Å². The number of anilines is 1. The largest absolute Gasteiger partial charge is 0.494 e. The molecule has 2 aromatic carbocycles. The molecule has 3 aromatic rings. The van der Waals surface area contributed by atoms with Gasteiger partial charge in [-0.25, -0.2) is 0 Å². The monoisotopic (exact) mass is 347 g/mol. The lowest BCUT2D eigenvalue weighted by Gasteiger charge is -2.28.